The molecule has 2 atom stereocenters. The number of imidazole rings is 1. The second-order valence-electron chi connectivity index (χ2n) is 5.07. The summed E-state index contributed by atoms with van der Waals surface area (Å²) < 4.78 is 16.0. The number of fused-ring (bicyclic) bond motifs is 1. The first kappa shape index (κ1) is 14.3. The van der Waals surface area contributed by atoms with Crippen LogP contribution in [0.15, 0.2) is 18.2 Å². The first-order chi connectivity index (χ1) is 9.10. The van der Waals surface area contributed by atoms with Crippen molar-refractivity contribution in [2.24, 2.45) is 5.92 Å². The van der Waals surface area contributed by atoms with Crippen LogP contribution >= 0.6 is 11.6 Å². The van der Waals surface area contributed by atoms with Gasteiger partial charge in [0.2, 0.25) is 0 Å². The van der Waals surface area contributed by atoms with Crippen molar-refractivity contribution in [3.8, 4) is 0 Å². The summed E-state index contributed by atoms with van der Waals surface area (Å²) >= 11 is 5.85. The number of aromatic nitrogens is 2. The highest BCUT2D eigenvalue weighted by Crippen LogP contribution is 2.29. The molecule has 0 N–H and O–H groups in total. The van der Waals surface area contributed by atoms with E-state index in [0.717, 1.165) is 17.8 Å². The molecule has 0 saturated heterocycles. The van der Waals surface area contributed by atoms with Gasteiger partial charge in [-0.15, -0.1) is 11.6 Å². The zero-order valence-electron chi connectivity index (χ0n) is 11.7. The molecule has 0 amide bonds. The van der Waals surface area contributed by atoms with Gasteiger partial charge in [-0.25, -0.2) is 9.37 Å². The maximum Gasteiger partial charge on any atom is 0.151 e. The number of para-hydroxylation sites is 1. The van der Waals surface area contributed by atoms with Gasteiger partial charge in [-0.2, -0.15) is 0 Å². The van der Waals surface area contributed by atoms with E-state index in [4.69, 9.17) is 11.6 Å². The highest BCUT2D eigenvalue weighted by molar-refractivity contribution is 6.17. The fourth-order valence-corrected chi connectivity index (χ4v) is 2.61. The van der Waals surface area contributed by atoms with E-state index in [1.807, 2.05) is 6.07 Å². The third-order valence-electron chi connectivity index (χ3n) is 3.94. The lowest BCUT2D eigenvalue weighted by Crippen LogP contribution is -2.16. The molecule has 1 aromatic heterocycles. The third-order valence-corrected chi connectivity index (χ3v) is 4.13. The summed E-state index contributed by atoms with van der Waals surface area (Å²) in [6.07, 6.45) is 1.74. The van der Waals surface area contributed by atoms with Gasteiger partial charge < -0.3 is 4.57 Å². The van der Waals surface area contributed by atoms with Crippen molar-refractivity contribution in [1.82, 2.24) is 9.55 Å². The molecule has 2 unspecified atom stereocenters. The van der Waals surface area contributed by atoms with E-state index in [2.05, 4.69) is 30.3 Å². The highest BCUT2D eigenvalue weighted by Gasteiger charge is 2.20. The summed E-state index contributed by atoms with van der Waals surface area (Å²) in [7, 11) is 0. The van der Waals surface area contributed by atoms with Gasteiger partial charge in [-0.3, -0.25) is 0 Å². The van der Waals surface area contributed by atoms with Crippen LogP contribution in [-0.4, -0.2) is 15.4 Å². The SMILES string of the molecule is CCC(C)C(C)n1c(CCCl)nc2c(F)cccc21. The zero-order chi connectivity index (χ0) is 14.0. The predicted octanol–water partition coefficient (Wildman–Crippen LogP) is 4.56. The van der Waals surface area contributed by atoms with E-state index in [-0.39, 0.29) is 11.9 Å². The van der Waals surface area contributed by atoms with E-state index in [1.54, 1.807) is 6.07 Å². The summed E-state index contributed by atoms with van der Waals surface area (Å²) in [5, 5.41) is 0. The van der Waals surface area contributed by atoms with Gasteiger partial charge in [0.25, 0.3) is 0 Å². The van der Waals surface area contributed by atoms with Gasteiger partial charge in [-0.1, -0.05) is 26.3 Å². The molecule has 4 heteroatoms. The number of hydrogen-bond donors (Lipinski definition) is 0. The average molecular weight is 283 g/mol. The molecule has 2 rings (SSSR count). The third kappa shape index (κ3) is 2.62. The average Bonchev–Trinajstić information content (AvgIpc) is 2.77. The fraction of sp³-hybridized carbons (Fsp3) is 0.533. The lowest BCUT2D eigenvalue weighted by Gasteiger charge is -2.23. The van der Waals surface area contributed by atoms with Crippen molar-refractivity contribution >= 4 is 22.6 Å². The fourth-order valence-electron chi connectivity index (χ4n) is 2.44. The minimum absolute atomic E-state index is 0.261. The van der Waals surface area contributed by atoms with Crippen molar-refractivity contribution in [2.75, 3.05) is 5.88 Å². The quantitative estimate of drug-likeness (QED) is 0.735. The normalized spacial score (nSPS) is 14.8. The van der Waals surface area contributed by atoms with E-state index in [9.17, 15) is 4.39 Å². The van der Waals surface area contributed by atoms with Crippen molar-refractivity contribution in [3.05, 3.63) is 29.8 Å². The van der Waals surface area contributed by atoms with Crippen LogP contribution in [0, 0.1) is 11.7 Å². The Hall–Kier alpha value is -1.09. The maximum atomic E-state index is 13.9. The molecular weight excluding hydrogens is 263 g/mol. The molecule has 0 saturated carbocycles. The van der Waals surface area contributed by atoms with Crippen LogP contribution in [0.1, 0.15) is 39.1 Å². The van der Waals surface area contributed by atoms with E-state index in [0.29, 0.717) is 23.7 Å². The van der Waals surface area contributed by atoms with Crippen molar-refractivity contribution in [1.29, 1.82) is 0 Å². The van der Waals surface area contributed by atoms with Crippen molar-refractivity contribution in [2.45, 2.75) is 39.7 Å². The minimum atomic E-state index is -0.261. The van der Waals surface area contributed by atoms with Gasteiger partial charge in [-0.05, 0) is 25.0 Å². The zero-order valence-corrected chi connectivity index (χ0v) is 12.4. The number of rotatable bonds is 5. The Balaban J connectivity index is 2.61. The van der Waals surface area contributed by atoms with Gasteiger partial charge in [0.1, 0.15) is 11.3 Å². The molecule has 104 valence electrons. The number of nitrogens with zero attached hydrogens (tertiary/aromatic N) is 2. The van der Waals surface area contributed by atoms with Crippen LogP contribution < -0.4 is 0 Å². The first-order valence-corrected chi connectivity index (χ1v) is 7.34. The second kappa shape index (κ2) is 5.91. The van der Waals surface area contributed by atoms with E-state index < -0.39 is 0 Å². The van der Waals surface area contributed by atoms with E-state index in [1.165, 1.54) is 6.07 Å². The summed E-state index contributed by atoms with van der Waals surface area (Å²) in [4.78, 5) is 4.44. The molecule has 2 aromatic rings. The van der Waals surface area contributed by atoms with Crippen LogP contribution in [0.3, 0.4) is 0 Å². The highest BCUT2D eigenvalue weighted by atomic mass is 35.5. The Kier molecular flexibility index (Phi) is 4.46. The van der Waals surface area contributed by atoms with Gasteiger partial charge in [0.15, 0.2) is 5.82 Å². The molecule has 0 aliphatic rings. The molecule has 0 bridgehead atoms. The van der Waals surface area contributed by atoms with Crippen LogP contribution in [0.4, 0.5) is 4.39 Å². The lowest BCUT2D eigenvalue weighted by atomic mass is 10.0. The molecule has 0 radical (unpaired) electrons. The van der Waals surface area contributed by atoms with Crippen LogP contribution in [-0.2, 0) is 6.42 Å². The van der Waals surface area contributed by atoms with Crippen LogP contribution in [0.5, 0.6) is 0 Å². The molecule has 1 heterocycles. The second-order valence-corrected chi connectivity index (χ2v) is 5.45. The molecular formula is C15H20ClFN2. The molecule has 1 aromatic carbocycles. The Morgan fingerprint density at radius 1 is 1.37 bits per heavy atom. The van der Waals surface area contributed by atoms with Gasteiger partial charge in [0.05, 0.1) is 5.52 Å². The Bertz CT molecular complexity index is 565. The first-order valence-electron chi connectivity index (χ1n) is 6.81. The number of alkyl halides is 1. The standard InChI is InChI=1S/C15H20ClFN2/c1-4-10(2)11(3)19-13-7-5-6-12(17)15(13)18-14(19)8-9-16/h5-7,10-11H,4,8-9H2,1-3H3. The summed E-state index contributed by atoms with van der Waals surface area (Å²) in [6.45, 7) is 6.54. The Labute approximate surface area is 118 Å². The summed E-state index contributed by atoms with van der Waals surface area (Å²) in [6, 6.07) is 5.42. The molecule has 19 heavy (non-hydrogen) atoms. The Morgan fingerprint density at radius 2 is 2.11 bits per heavy atom. The van der Waals surface area contributed by atoms with Gasteiger partial charge in [0, 0.05) is 18.3 Å². The number of hydrogen-bond acceptors (Lipinski definition) is 1. The number of aryl methyl sites for hydroxylation is 1. The summed E-state index contributed by atoms with van der Waals surface area (Å²) in [5.74, 6) is 1.62. The van der Waals surface area contributed by atoms with E-state index >= 15 is 0 Å². The van der Waals surface area contributed by atoms with Crippen molar-refractivity contribution < 1.29 is 4.39 Å². The lowest BCUT2D eigenvalue weighted by molar-refractivity contribution is 0.369. The van der Waals surface area contributed by atoms with Crippen molar-refractivity contribution in [3.63, 3.8) is 0 Å². The molecule has 2 nitrogen and oxygen atoms in total. The van der Waals surface area contributed by atoms with Crippen LogP contribution in [0.25, 0.3) is 11.0 Å². The number of halogens is 2. The molecule has 0 aliphatic heterocycles. The maximum absolute atomic E-state index is 13.9. The smallest absolute Gasteiger partial charge is 0.151 e. The Morgan fingerprint density at radius 3 is 2.74 bits per heavy atom. The topological polar surface area (TPSA) is 17.8 Å². The monoisotopic (exact) mass is 282 g/mol. The van der Waals surface area contributed by atoms with Crippen LogP contribution in [0.2, 0.25) is 0 Å². The largest absolute Gasteiger partial charge is 0.325 e. The predicted molar refractivity (Wildman–Crippen MR) is 78.3 cm³/mol. The van der Waals surface area contributed by atoms with Gasteiger partial charge >= 0.3 is 0 Å². The molecule has 0 spiro atoms. The number of benzene rings is 1. The molecule has 0 fully saturated rings. The summed E-state index contributed by atoms with van der Waals surface area (Å²) in [5.41, 5.74) is 1.32. The minimum Gasteiger partial charge on any atom is -0.325 e. The molecule has 0 aliphatic carbocycles.